The van der Waals surface area contributed by atoms with E-state index in [0.717, 1.165) is 0 Å². The predicted octanol–water partition coefficient (Wildman–Crippen LogP) is 0.195. The van der Waals surface area contributed by atoms with Crippen LogP contribution in [0.15, 0.2) is 0 Å². The maximum absolute atomic E-state index is 10.7. The molecule has 0 saturated heterocycles. The number of carbonyl (C=O) groups excluding carboxylic acids is 1. The van der Waals surface area contributed by atoms with E-state index in [0.29, 0.717) is 13.0 Å². The van der Waals surface area contributed by atoms with Crippen LogP contribution in [0.2, 0.25) is 0 Å². The van der Waals surface area contributed by atoms with Crippen molar-refractivity contribution in [3.05, 3.63) is 0 Å². The van der Waals surface area contributed by atoms with Gasteiger partial charge in [0.2, 0.25) is 5.91 Å². The molecule has 0 aliphatic rings. The minimum absolute atomic E-state index is 0.000000000000000666. The van der Waals surface area contributed by atoms with Crippen LogP contribution >= 0.6 is 0 Å². The Morgan fingerprint density at radius 3 is 2.22 bits per heavy atom. The highest BCUT2D eigenvalue weighted by Gasteiger charge is 2.05. The Balaban J connectivity index is 3.64. The van der Waals surface area contributed by atoms with E-state index in [1.807, 2.05) is 6.92 Å². The van der Waals surface area contributed by atoms with Crippen molar-refractivity contribution in [2.45, 2.75) is 20.3 Å². The first-order valence-corrected chi connectivity index (χ1v) is 3.14. The van der Waals surface area contributed by atoms with Crippen LogP contribution in [0, 0.1) is 0 Å². The second-order valence-corrected chi connectivity index (χ2v) is 1.74. The van der Waals surface area contributed by atoms with Crippen molar-refractivity contribution in [2.75, 3.05) is 13.3 Å². The topological polar surface area (TPSA) is 40.5 Å². The molecular formula is C6H13NO2. The minimum atomic E-state index is -0.164. The lowest BCUT2D eigenvalue weighted by molar-refractivity contribution is -0.134. The summed E-state index contributed by atoms with van der Waals surface area (Å²) in [4.78, 5) is 12.1. The Kier molecular flexibility index (Phi) is 4.05. The van der Waals surface area contributed by atoms with E-state index in [4.69, 9.17) is 5.11 Å². The van der Waals surface area contributed by atoms with Crippen LogP contribution in [0.1, 0.15) is 20.3 Å². The molecule has 9 heavy (non-hydrogen) atoms. The molecule has 3 heteroatoms. The Morgan fingerprint density at radius 1 is 1.56 bits per heavy atom. The summed E-state index contributed by atoms with van der Waals surface area (Å²) >= 11 is 0. The largest absolute Gasteiger partial charge is 0.376 e. The normalized spacial score (nSPS) is 9.22. The SMILES string of the molecule is CCC(=O)N(CC)CO. The highest BCUT2D eigenvalue weighted by atomic mass is 16.3. The third-order valence-corrected chi connectivity index (χ3v) is 1.21. The molecule has 0 unspecified atom stereocenters. The average molecular weight is 131 g/mol. The van der Waals surface area contributed by atoms with Gasteiger partial charge >= 0.3 is 0 Å². The van der Waals surface area contributed by atoms with Gasteiger partial charge in [-0.2, -0.15) is 0 Å². The summed E-state index contributed by atoms with van der Waals surface area (Å²) in [6.45, 7) is 4.04. The number of carbonyl (C=O) groups is 1. The number of rotatable bonds is 3. The second kappa shape index (κ2) is 4.32. The van der Waals surface area contributed by atoms with E-state index in [1.54, 1.807) is 6.92 Å². The van der Waals surface area contributed by atoms with Gasteiger partial charge in [-0.3, -0.25) is 4.79 Å². The average Bonchev–Trinajstić information content (AvgIpc) is 1.90. The molecule has 3 nitrogen and oxygen atoms in total. The molecule has 0 aromatic rings. The molecule has 54 valence electrons. The number of amides is 1. The number of hydrogen-bond donors (Lipinski definition) is 1. The van der Waals surface area contributed by atoms with Crippen molar-refractivity contribution in [1.29, 1.82) is 0 Å². The maximum atomic E-state index is 10.7. The lowest BCUT2D eigenvalue weighted by Crippen LogP contribution is -2.30. The summed E-state index contributed by atoms with van der Waals surface area (Å²) in [5.74, 6) is 0.000000000000000666. The van der Waals surface area contributed by atoms with Crippen molar-refractivity contribution < 1.29 is 9.90 Å². The molecule has 0 heterocycles. The van der Waals surface area contributed by atoms with Crippen molar-refractivity contribution in [2.24, 2.45) is 0 Å². The summed E-state index contributed by atoms with van der Waals surface area (Å²) < 4.78 is 0. The van der Waals surface area contributed by atoms with Gasteiger partial charge in [-0.05, 0) is 6.92 Å². The Hall–Kier alpha value is -0.570. The molecule has 0 bridgehead atoms. The predicted molar refractivity (Wildman–Crippen MR) is 34.8 cm³/mol. The Labute approximate surface area is 55.3 Å². The second-order valence-electron chi connectivity index (χ2n) is 1.74. The maximum Gasteiger partial charge on any atom is 0.224 e. The van der Waals surface area contributed by atoms with Gasteiger partial charge in [-0.15, -0.1) is 0 Å². The zero-order valence-corrected chi connectivity index (χ0v) is 5.92. The Morgan fingerprint density at radius 2 is 2.11 bits per heavy atom. The number of nitrogens with zero attached hydrogens (tertiary/aromatic N) is 1. The fourth-order valence-corrected chi connectivity index (χ4v) is 0.579. The molecule has 0 atom stereocenters. The summed E-state index contributed by atoms with van der Waals surface area (Å²) in [6.07, 6.45) is 0.467. The van der Waals surface area contributed by atoms with Crippen LogP contribution in [0.4, 0.5) is 0 Å². The standard InChI is InChI=1S/C6H13NO2/c1-3-6(9)7(4-2)5-8/h8H,3-5H2,1-2H3. The first-order chi connectivity index (χ1) is 4.26. The van der Waals surface area contributed by atoms with E-state index >= 15 is 0 Å². The molecule has 0 radical (unpaired) electrons. The van der Waals surface area contributed by atoms with Crippen LogP contribution < -0.4 is 0 Å². The molecule has 1 N–H and O–H groups in total. The van der Waals surface area contributed by atoms with Gasteiger partial charge in [0.25, 0.3) is 0 Å². The monoisotopic (exact) mass is 131 g/mol. The van der Waals surface area contributed by atoms with Gasteiger partial charge in [0.15, 0.2) is 0 Å². The van der Waals surface area contributed by atoms with Crippen molar-refractivity contribution in [3.8, 4) is 0 Å². The molecule has 0 aliphatic heterocycles. The van der Waals surface area contributed by atoms with Crippen LogP contribution in [0.5, 0.6) is 0 Å². The number of hydrogen-bond acceptors (Lipinski definition) is 2. The summed E-state index contributed by atoms with van der Waals surface area (Å²) in [5, 5.41) is 8.53. The highest BCUT2D eigenvalue weighted by Crippen LogP contribution is 1.89. The van der Waals surface area contributed by atoms with Crippen LogP contribution in [-0.2, 0) is 4.79 Å². The first kappa shape index (κ1) is 8.43. The molecule has 0 rings (SSSR count). The number of aliphatic hydroxyl groups is 1. The minimum Gasteiger partial charge on any atom is -0.376 e. The molecule has 0 aliphatic carbocycles. The fraction of sp³-hybridized carbons (Fsp3) is 0.833. The summed E-state index contributed by atoms with van der Waals surface area (Å²) in [5.41, 5.74) is 0. The van der Waals surface area contributed by atoms with Crippen LogP contribution in [0.25, 0.3) is 0 Å². The van der Waals surface area contributed by atoms with Gasteiger partial charge in [0.05, 0.1) is 0 Å². The first-order valence-electron chi connectivity index (χ1n) is 3.14. The molecule has 0 saturated carbocycles. The molecule has 0 aromatic heterocycles. The third kappa shape index (κ3) is 2.46. The van der Waals surface area contributed by atoms with Gasteiger partial charge in [-0.25, -0.2) is 0 Å². The highest BCUT2D eigenvalue weighted by molar-refractivity contribution is 5.75. The van der Waals surface area contributed by atoms with E-state index in [9.17, 15) is 4.79 Å². The quantitative estimate of drug-likeness (QED) is 0.556. The van der Waals surface area contributed by atoms with E-state index in [1.165, 1.54) is 4.90 Å². The number of aliphatic hydroxyl groups excluding tert-OH is 1. The van der Waals surface area contributed by atoms with Gasteiger partial charge in [-0.1, -0.05) is 6.92 Å². The van der Waals surface area contributed by atoms with Crippen molar-refractivity contribution in [1.82, 2.24) is 4.90 Å². The van der Waals surface area contributed by atoms with Crippen LogP contribution in [-0.4, -0.2) is 29.2 Å². The van der Waals surface area contributed by atoms with E-state index in [2.05, 4.69) is 0 Å². The van der Waals surface area contributed by atoms with Gasteiger partial charge in [0.1, 0.15) is 6.73 Å². The Bertz CT molecular complexity index is 89.1. The zero-order chi connectivity index (χ0) is 7.28. The van der Waals surface area contributed by atoms with Crippen molar-refractivity contribution in [3.63, 3.8) is 0 Å². The molecule has 0 spiro atoms. The smallest absolute Gasteiger partial charge is 0.224 e. The molecule has 1 amide bonds. The lowest BCUT2D eigenvalue weighted by atomic mass is 10.4. The van der Waals surface area contributed by atoms with E-state index in [-0.39, 0.29) is 12.6 Å². The fourth-order valence-electron chi connectivity index (χ4n) is 0.579. The lowest BCUT2D eigenvalue weighted by Gasteiger charge is -2.15. The van der Waals surface area contributed by atoms with Gasteiger partial charge in [0, 0.05) is 13.0 Å². The van der Waals surface area contributed by atoms with Crippen molar-refractivity contribution >= 4 is 5.91 Å². The summed E-state index contributed by atoms with van der Waals surface area (Å²) in [6, 6.07) is 0. The molecule has 0 aromatic carbocycles. The van der Waals surface area contributed by atoms with E-state index < -0.39 is 0 Å². The molecule has 0 fully saturated rings. The third-order valence-electron chi connectivity index (χ3n) is 1.21. The van der Waals surface area contributed by atoms with Gasteiger partial charge < -0.3 is 10.0 Å². The molecular weight excluding hydrogens is 118 g/mol. The zero-order valence-electron chi connectivity index (χ0n) is 5.92. The van der Waals surface area contributed by atoms with Crippen LogP contribution in [0.3, 0.4) is 0 Å². The summed E-state index contributed by atoms with van der Waals surface area (Å²) in [7, 11) is 0.